The van der Waals surface area contributed by atoms with Crippen LogP contribution in [0.15, 0.2) is 22.8 Å². The van der Waals surface area contributed by atoms with Crippen LogP contribution in [0.1, 0.15) is 51.7 Å². The Morgan fingerprint density at radius 2 is 2.11 bits per heavy atom. The lowest BCUT2D eigenvalue weighted by atomic mass is 10.2. The summed E-state index contributed by atoms with van der Waals surface area (Å²) in [6, 6.07) is 3.89. The van der Waals surface area contributed by atoms with Crippen molar-refractivity contribution in [2.24, 2.45) is 0 Å². The molecule has 1 aromatic rings. The van der Waals surface area contributed by atoms with E-state index in [-0.39, 0.29) is 6.10 Å². The molecule has 0 fully saturated rings. The van der Waals surface area contributed by atoms with E-state index in [4.69, 9.17) is 9.15 Å². The SMILES string of the molecule is CCCCCCCOC(C)CNCc1ccco1. The molecule has 0 spiro atoms. The Balaban J connectivity index is 1.89. The van der Waals surface area contributed by atoms with E-state index in [1.54, 1.807) is 6.26 Å². The number of nitrogens with one attached hydrogen (secondary N) is 1. The first-order valence-electron chi connectivity index (χ1n) is 7.17. The van der Waals surface area contributed by atoms with Crippen LogP contribution in [0, 0.1) is 0 Å². The zero-order valence-electron chi connectivity index (χ0n) is 11.8. The Bertz CT molecular complexity index is 272. The summed E-state index contributed by atoms with van der Waals surface area (Å²) in [4.78, 5) is 0. The lowest BCUT2D eigenvalue weighted by Gasteiger charge is -2.13. The van der Waals surface area contributed by atoms with Gasteiger partial charge in [-0.3, -0.25) is 0 Å². The second kappa shape index (κ2) is 10.2. The largest absolute Gasteiger partial charge is 0.468 e. The molecular formula is C15H27NO2. The van der Waals surface area contributed by atoms with Crippen LogP contribution in [0.4, 0.5) is 0 Å². The predicted molar refractivity (Wildman–Crippen MR) is 74.6 cm³/mol. The highest BCUT2D eigenvalue weighted by Crippen LogP contribution is 2.03. The van der Waals surface area contributed by atoms with E-state index >= 15 is 0 Å². The van der Waals surface area contributed by atoms with Crippen molar-refractivity contribution in [3.05, 3.63) is 24.2 Å². The highest BCUT2D eigenvalue weighted by Gasteiger charge is 2.02. The third-order valence-corrected chi connectivity index (χ3v) is 2.96. The van der Waals surface area contributed by atoms with Gasteiger partial charge in [0.2, 0.25) is 0 Å². The number of hydrogen-bond donors (Lipinski definition) is 1. The van der Waals surface area contributed by atoms with Crippen LogP contribution < -0.4 is 5.32 Å². The third kappa shape index (κ3) is 7.51. The molecule has 3 nitrogen and oxygen atoms in total. The maximum absolute atomic E-state index is 5.75. The van der Waals surface area contributed by atoms with Gasteiger partial charge >= 0.3 is 0 Å². The molecular weight excluding hydrogens is 226 g/mol. The van der Waals surface area contributed by atoms with Crippen molar-refractivity contribution in [1.82, 2.24) is 5.32 Å². The molecule has 1 heterocycles. The van der Waals surface area contributed by atoms with Gasteiger partial charge < -0.3 is 14.5 Å². The smallest absolute Gasteiger partial charge is 0.117 e. The molecule has 1 unspecified atom stereocenters. The summed E-state index contributed by atoms with van der Waals surface area (Å²) in [5, 5.41) is 3.33. The third-order valence-electron chi connectivity index (χ3n) is 2.96. The number of furan rings is 1. The molecule has 0 amide bonds. The summed E-state index contributed by atoms with van der Waals surface area (Å²) in [7, 11) is 0. The summed E-state index contributed by atoms with van der Waals surface area (Å²) in [6.45, 7) is 6.88. The van der Waals surface area contributed by atoms with Crippen LogP contribution in [-0.4, -0.2) is 19.3 Å². The molecule has 0 aromatic carbocycles. The van der Waals surface area contributed by atoms with Crippen molar-refractivity contribution < 1.29 is 9.15 Å². The average molecular weight is 253 g/mol. The van der Waals surface area contributed by atoms with E-state index in [0.29, 0.717) is 0 Å². The van der Waals surface area contributed by atoms with E-state index in [0.717, 1.165) is 25.5 Å². The van der Waals surface area contributed by atoms with Crippen LogP contribution in [0.3, 0.4) is 0 Å². The molecule has 18 heavy (non-hydrogen) atoms. The Morgan fingerprint density at radius 3 is 2.83 bits per heavy atom. The second-order valence-corrected chi connectivity index (χ2v) is 4.81. The first-order chi connectivity index (χ1) is 8.83. The zero-order valence-corrected chi connectivity index (χ0v) is 11.8. The van der Waals surface area contributed by atoms with Crippen LogP contribution in [0.5, 0.6) is 0 Å². The minimum absolute atomic E-state index is 0.270. The van der Waals surface area contributed by atoms with E-state index in [1.165, 1.54) is 32.1 Å². The molecule has 1 rings (SSSR count). The van der Waals surface area contributed by atoms with Gasteiger partial charge in [-0.25, -0.2) is 0 Å². The highest BCUT2D eigenvalue weighted by molar-refractivity contribution is 4.97. The molecule has 0 aliphatic heterocycles. The topological polar surface area (TPSA) is 34.4 Å². The minimum Gasteiger partial charge on any atom is -0.468 e. The Kier molecular flexibility index (Phi) is 8.61. The minimum atomic E-state index is 0.270. The maximum Gasteiger partial charge on any atom is 0.117 e. The Labute approximate surface area is 111 Å². The first-order valence-corrected chi connectivity index (χ1v) is 7.17. The molecule has 0 aliphatic rings. The fourth-order valence-corrected chi connectivity index (χ4v) is 1.86. The standard InChI is InChI=1S/C15H27NO2/c1-3-4-5-6-7-10-17-14(2)12-16-13-15-9-8-11-18-15/h8-9,11,14,16H,3-7,10,12-13H2,1-2H3. The summed E-state index contributed by atoms with van der Waals surface area (Å²) in [5.74, 6) is 0.974. The van der Waals surface area contributed by atoms with Gasteiger partial charge in [-0.1, -0.05) is 32.6 Å². The maximum atomic E-state index is 5.75. The van der Waals surface area contributed by atoms with Crippen molar-refractivity contribution in [2.45, 2.75) is 58.6 Å². The Morgan fingerprint density at radius 1 is 1.28 bits per heavy atom. The molecule has 0 bridgehead atoms. The fourth-order valence-electron chi connectivity index (χ4n) is 1.86. The molecule has 1 aromatic heterocycles. The number of rotatable bonds is 11. The monoisotopic (exact) mass is 253 g/mol. The van der Waals surface area contributed by atoms with Gasteiger partial charge in [0.05, 0.1) is 18.9 Å². The molecule has 0 radical (unpaired) electrons. The van der Waals surface area contributed by atoms with Crippen LogP contribution in [0.25, 0.3) is 0 Å². The lowest BCUT2D eigenvalue weighted by Crippen LogP contribution is -2.26. The average Bonchev–Trinajstić information content (AvgIpc) is 2.87. The molecule has 3 heteroatoms. The van der Waals surface area contributed by atoms with Gasteiger partial charge in [-0.2, -0.15) is 0 Å². The summed E-state index contributed by atoms with van der Waals surface area (Å²) < 4.78 is 11.0. The fraction of sp³-hybridized carbons (Fsp3) is 0.733. The second-order valence-electron chi connectivity index (χ2n) is 4.81. The molecule has 1 atom stereocenters. The van der Waals surface area contributed by atoms with Crippen molar-refractivity contribution in [3.63, 3.8) is 0 Å². The molecule has 0 aliphatic carbocycles. The summed E-state index contributed by atoms with van der Waals surface area (Å²) in [5.41, 5.74) is 0. The van der Waals surface area contributed by atoms with Crippen molar-refractivity contribution in [1.29, 1.82) is 0 Å². The van der Waals surface area contributed by atoms with Crippen molar-refractivity contribution in [2.75, 3.05) is 13.2 Å². The zero-order chi connectivity index (χ0) is 13.1. The van der Waals surface area contributed by atoms with Gasteiger partial charge in [-0.05, 0) is 25.5 Å². The molecule has 0 saturated heterocycles. The van der Waals surface area contributed by atoms with Crippen LogP contribution in [0.2, 0.25) is 0 Å². The van der Waals surface area contributed by atoms with E-state index < -0.39 is 0 Å². The molecule has 1 N–H and O–H groups in total. The van der Waals surface area contributed by atoms with Crippen LogP contribution >= 0.6 is 0 Å². The summed E-state index contributed by atoms with van der Waals surface area (Å²) >= 11 is 0. The van der Waals surface area contributed by atoms with E-state index in [2.05, 4.69) is 19.2 Å². The number of ether oxygens (including phenoxy) is 1. The Hall–Kier alpha value is -0.800. The van der Waals surface area contributed by atoms with Gasteiger partial charge in [-0.15, -0.1) is 0 Å². The molecule has 104 valence electrons. The summed E-state index contributed by atoms with van der Waals surface area (Å²) in [6.07, 6.45) is 8.43. The molecule has 0 saturated carbocycles. The quantitative estimate of drug-likeness (QED) is 0.610. The van der Waals surface area contributed by atoms with Crippen molar-refractivity contribution >= 4 is 0 Å². The van der Waals surface area contributed by atoms with E-state index in [1.807, 2.05) is 12.1 Å². The first kappa shape index (κ1) is 15.3. The number of unbranched alkanes of at least 4 members (excludes halogenated alkanes) is 4. The highest BCUT2D eigenvalue weighted by atomic mass is 16.5. The van der Waals surface area contributed by atoms with Gasteiger partial charge in [0, 0.05) is 13.2 Å². The normalized spacial score (nSPS) is 12.8. The van der Waals surface area contributed by atoms with Crippen LogP contribution in [-0.2, 0) is 11.3 Å². The van der Waals surface area contributed by atoms with Gasteiger partial charge in [0.15, 0.2) is 0 Å². The van der Waals surface area contributed by atoms with Gasteiger partial charge in [0.1, 0.15) is 5.76 Å². The number of hydrogen-bond acceptors (Lipinski definition) is 3. The lowest BCUT2D eigenvalue weighted by molar-refractivity contribution is 0.0625. The van der Waals surface area contributed by atoms with Crippen molar-refractivity contribution in [3.8, 4) is 0 Å². The van der Waals surface area contributed by atoms with Gasteiger partial charge in [0.25, 0.3) is 0 Å². The predicted octanol–water partition coefficient (Wildman–Crippen LogP) is 3.74. The van der Waals surface area contributed by atoms with E-state index in [9.17, 15) is 0 Å².